The summed E-state index contributed by atoms with van der Waals surface area (Å²) in [6, 6.07) is 2.13. The minimum Gasteiger partial charge on any atom is -0.493 e. The number of hydrogen-bond donors (Lipinski definition) is 3. The van der Waals surface area contributed by atoms with E-state index in [1.807, 2.05) is 11.0 Å². The lowest BCUT2D eigenvalue weighted by molar-refractivity contribution is 0.364. The fourth-order valence-corrected chi connectivity index (χ4v) is 3.27. The van der Waals surface area contributed by atoms with Gasteiger partial charge in [-0.2, -0.15) is 9.61 Å². The summed E-state index contributed by atoms with van der Waals surface area (Å²) in [4.78, 5) is 27.4. The van der Waals surface area contributed by atoms with Gasteiger partial charge in [0.1, 0.15) is 17.7 Å². The SMILES string of the molecule is O=c1[nH]c(O)c(/C=c2\cnn3c(=NC4CC4)cc(N4CC[C@H](F)C4)nc23)[nH]1. The van der Waals surface area contributed by atoms with Crippen LogP contribution in [0.3, 0.4) is 0 Å². The number of imidazole rings is 1. The molecule has 0 spiro atoms. The maximum absolute atomic E-state index is 13.7. The predicted octanol–water partition coefficient (Wildman–Crippen LogP) is -0.390. The molecule has 9 nitrogen and oxygen atoms in total. The van der Waals surface area contributed by atoms with Gasteiger partial charge in [0.25, 0.3) is 0 Å². The number of nitrogens with zero attached hydrogens (tertiary/aromatic N) is 5. The number of hydrogen-bond acceptors (Lipinski definition) is 6. The van der Waals surface area contributed by atoms with E-state index in [0.29, 0.717) is 41.7 Å². The highest BCUT2D eigenvalue weighted by atomic mass is 19.1. The van der Waals surface area contributed by atoms with Crippen molar-refractivity contribution in [3.63, 3.8) is 0 Å². The zero-order valence-electron chi connectivity index (χ0n) is 14.4. The van der Waals surface area contributed by atoms with Gasteiger partial charge in [0, 0.05) is 17.8 Å². The number of halogens is 1. The van der Waals surface area contributed by atoms with Crippen LogP contribution in [-0.4, -0.2) is 55.0 Å². The van der Waals surface area contributed by atoms with Crippen molar-refractivity contribution in [2.24, 2.45) is 4.99 Å². The summed E-state index contributed by atoms with van der Waals surface area (Å²) in [5.74, 6) is 0.405. The second kappa shape index (κ2) is 5.93. The topological polar surface area (TPSA) is 115 Å². The van der Waals surface area contributed by atoms with Crippen molar-refractivity contribution in [2.75, 3.05) is 18.0 Å². The van der Waals surface area contributed by atoms with Crippen LogP contribution < -0.4 is 21.3 Å². The third-order valence-corrected chi connectivity index (χ3v) is 4.82. The second-order valence-electron chi connectivity index (χ2n) is 6.99. The van der Waals surface area contributed by atoms with Crippen LogP contribution in [0.2, 0.25) is 0 Å². The van der Waals surface area contributed by atoms with E-state index in [4.69, 9.17) is 4.99 Å². The summed E-state index contributed by atoms with van der Waals surface area (Å²) in [5.41, 5.74) is 0.953. The van der Waals surface area contributed by atoms with E-state index in [9.17, 15) is 14.3 Å². The van der Waals surface area contributed by atoms with Crippen LogP contribution in [0.4, 0.5) is 10.2 Å². The highest BCUT2D eigenvalue weighted by Gasteiger charge is 2.25. The van der Waals surface area contributed by atoms with Gasteiger partial charge < -0.3 is 15.0 Å². The number of rotatable bonds is 3. The first kappa shape index (κ1) is 16.0. The smallest absolute Gasteiger partial charge is 0.326 e. The lowest BCUT2D eigenvalue weighted by atomic mass is 10.3. The Kier molecular flexibility index (Phi) is 3.52. The molecule has 0 amide bonds. The van der Waals surface area contributed by atoms with Crippen LogP contribution in [0.1, 0.15) is 25.0 Å². The largest absolute Gasteiger partial charge is 0.493 e. The molecule has 3 N–H and O–H groups in total. The molecule has 1 saturated heterocycles. The highest BCUT2D eigenvalue weighted by molar-refractivity contribution is 5.58. The summed E-state index contributed by atoms with van der Waals surface area (Å²) >= 11 is 0. The number of aromatic nitrogens is 5. The summed E-state index contributed by atoms with van der Waals surface area (Å²) in [5, 5.41) is 14.8. The van der Waals surface area contributed by atoms with Gasteiger partial charge in [-0.25, -0.2) is 14.2 Å². The Morgan fingerprint density at radius 1 is 1.33 bits per heavy atom. The van der Waals surface area contributed by atoms with Crippen LogP contribution in [0.5, 0.6) is 5.88 Å². The van der Waals surface area contributed by atoms with Crippen LogP contribution in [-0.2, 0) is 0 Å². The molecule has 3 aromatic heterocycles. The Balaban J connectivity index is 1.71. The standard InChI is InChI=1S/C17H18FN7O2/c18-10-3-4-24(8-10)13-6-14(20-11-1-2-11)25-15(22-13)9(7-19-25)5-12-16(26)23-17(27)21-12/h5-7,10-11,26H,1-4,8H2,(H2,21,23,27)/b9-5+,20-14?/t10-/m0/s1. The number of aromatic amines is 2. The van der Waals surface area contributed by atoms with Crippen LogP contribution in [0.15, 0.2) is 22.1 Å². The van der Waals surface area contributed by atoms with E-state index < -0.39 is 11.9 Å². The summed E-state index contributed by atoms with van der Waals surface area (Å²) in [6.07, 6.45) is 4.92. The first-order valence-electron chi connectivity index (χ1n) is 8.91. The maximum atomic E-state index is 13.7. The molecule has 0 bridgehead atoms. The summed E-state index contributed by atoms with van der Waals surface area (Å²) in [6.45, 7) is 0.914. The number of aromatic hydroxyl groups is 1. The van der Waals surface area contributed by atoms with Crippen molar-refractivity contribution < 1.29 is 9.50 Å². The van der Waals surface area contributed by atoms with Crippen molar-refractivity contribution in [1.82, 2.24) is 24.6 Å². The first-order chi connectivity index (χ1) is 13.1. The number of fused-ring (bicyclic) bond motifs is 1. The monoisotopic (exact) mass is 371 g/mol. The Bertz CT molecular complexity index is 1190. The van der Waals surface area contributed by atoms with Crippen molar-refractivity contribution >= 4 is 17.5 Å². The fourth-order valence-electron chi connectivity index (χ4n) is 3.27. The van der Waals surface area contributed by atoms with Gasteiger partial charge in [-0.1, -0.05) is 0 Å². The zero-order valence-corrected chi connectivity index (χ0v) is 14.4. The van der Waals surface area contributed by atoms with Gasteiger partial charge in [-0.15, -0.1) is 0 Å². The molecule has 1 atom stereocenters. The molecular formula is C17H18FN7O2. The predicted molar refractivity (Wildman–Crippen MR) is 95.2 cm³/mol. The molecule has 0 unspecified atom stereocenters. The van der Waals surface area contributed by atoms with E-state index in [1.54, 1.807) is 16.8 Å². The molecule has 10 heteroatoms. The third kappa shape index (κ3) is 2.96. The number of alkyl halides is 1. The molecule has 0 radical (unpaired) electrons. The Labute approximate surface area is 151 Å². The van der Waals surface area contributed by atoms with Gasteiger partial charge in [0.05, 0.1) is 18.8 Å². The van der Waals surface area contributed by atoms with Crippen molar-refractivity contribution in [2.45, 2.75) is 31.5 Å². The van der Waals surface area contributed by atoms with Gasteiger partial charge in [-0.05, 0) is 25.3 Å². The van der Waals surface area contributed by atoms with Crippen LogP contribution in [0.25, 0.3) is 11.7 Å². The van der Waals surface area contributed by atoms with Gasteiger partial charge in [0.2, 0.25) is 5.88 Å². The second-order valence-corrected chi connectivity index (χ2v) is 6.99. The van der Waals surface area contributed by atoms with Crippen molar-refractivity contribution in [1.29, 1.82) is 0 Å². The average Bonchev–Trinajstić information content (AvgIpc) is 3.04. The van der Waals surface area contributed by atoms with E-state index in [1.165, 1.54) is 0 Å². The molecule has 3 aromatic rings. The minimum atomic E-state index is -0.857. The normalized spacial score (nSPS) is 21.7. The van der Waals surface area contributed by atoms with E-state index in [-0.39, 0.29) is 17.6 Å². The van der Waals surface area contributed by atoms with Crippen molar-refractivity contribution in [3.8, 4) is 5.88 Å². The molecule has 140 valence electrons. The van der Waals surface area contributed by atoms with Crippen LogP contribution in [0, 0.1) is 0 Å². The summed E-state index contributed by atoms with van der Waals surface area (Å²) < 4.78 is 15.3. The van der Waals surface area contributed by atoms with E-state index in [0.717, 1.165) is 12.8 Å². The zero-order chi connectivity index (χ0) is 18.5. The van der Waals surface area contributed by atoms with E-state index >= 15 is 0 Å². The van der Waals surface area contributed by atoms with Gasteiger partial charge in [0.15, 0.2) is 11.1 Å². The lowest BCUT2D eigenvalue weighted by Gasteiger charge is -2.16. The molecule has 1 aliphatic carbocycles. The maximum Gasteiger partial charge on any atom is 0.326 e. The molecule has 5 rings (SSSR count). The molecular weight excluding hydrogens is 353 g/mol. The molecule has 2 fully saturated rings. The summed E-state index contributed by atoms with van der Waals surface area (Å²) in [7, 11) is 0. The molecule has 27 heavy (non-hydrogen) atoms. The van der Waals surface area contributed by atoms with E-state index in [2.05, 4.69) is 20.1 Å². The molecule has 1 saturated carbocycles. The molecule has 0 aromatic carbocycles. The van der Waals surface area contributed by atoms with Gasteiger partial charge in [-0.3, -0.25) is 9.98 Å². The average molecular weight is 371 g/mol. The number of H-pyrrole nitrogens is 2. The lowest BCUT2D eigenvalue weighted by Crippen LogP contribution is -2.26. The molecule has 1 aliphatic heterocycles. The molecule has 2 aliphatic rings. The Morgan fingerprint density at radius 2 is 2.19 bits per heavy atom. The molecule has 4 heterocycles. The number of anilines is 1. The first-order valence-corrected chi connectivity index (χ1v) is 8.91. The highest BCUT2D eigenvalue weighted by Crippen LogP contribution is 2.23. The quantitative estimate of drug-likeness (QED) is 0.580. The Hall–Kier alpha value is -3.17. The van der Waals surface area contributed by atoms with Crippen molar-refractivity contribution in [3.05, 3.63) is 39.1 Å². The van der Waals surface area contributed by atoms with Gasteiger partial charge >= 0.3 is 5.69 Å². The van der Waals surface area contributed by atoms with Crippen LogP contribution >= 0.6 is 0 Å². The number of nitrogens with one attached hydrogen (secondary N) is 2. The fraction of sp³-hybridized carbons (Fsp3) is 0.412. The minimum absolute atomic E-state index is 0.243. The third-order valence-electron chi connectivity index (χ3n) is 4.82. The Morgan fingerprint density at radius 3 is 2.85 bits per heavy atom.